The van der Waals surface area contributed by atoms with Crippen LogP contribution in [0.1, 0.15) is 31.1 Å². The first kappa shape index (κ1) is 16.5. The van der Waals surface area contributed by atoms with Gasteiger partial charge in [-0.1, -0.05) is 0 Å². The Kier molecular flexibility index (Phi) is 5.71. The molecule has 0 unspecified atom stereocenters. The summed E-state index contributed by atoms with van der Waals surface area (Å²) in [5, 5.41) is 1.83. The predicted octanol–water partition coefficient (Wildman–Crippen LogP) is 1.21. The number of hydrogen-bond acceptors (Lipinski definition) is 5. The van der Waals surface area contributed by atoms with Crippen molar-refractivity contribution < 1.29 is 23.9 Å². The van der Waals surface area contributed by atoms with Gasteiger partial charge < -0.3 is 15.2 Å². The Morgan fingerprint density at radius 1 is 1.10 bits per heavy atom. The molecule has 0 bridgehead atoms. The Bertz CT molecular complexity index is 525. The molecule has 7 nitrogen and oxygen atoms in total. The van der Waals surface area contributed by atoms with Crippen LogP contribution in [0.25, 0.3) is 0 Å². The van der Waals surface area contributed by atoms with Gasteiger partial charge in [0.05, 0.1) is 11.7 Å². The van der Waals surface area contributed by atoms with Crippen LogP contribution in [0.2, 0.25) is 0 Å². The van der Waals surface area contributed by atoms with E-state index < -0.39 is 24.0 Å². The molecule has 0 aliphatic carbocycles. The van der Waals surface area contributed by atoms with Crippen molar-refractivity contribution in [2.24, 2.45) is 5.73 Å². The zero-order chi connectivity index (χ0) is 16.0. The van der Waals surface area contributed by atoms with Crippen molar-refractivity contribution in [3.05, 3.63) is 29.8 Å². The van der Waals surface area contributed by atoms with Crippen LogP contribution in [-0.2, 0) is 9.53 Å². The number of primary amides is 1. The average molecular weight is 294 g/mol. The summed E-state index contributed by atoms with van der Waals surface area (Å²) in [6.07, 6.45) is -1.10. The maximum Gasteiger partial charge on any atom is 0.338 e. The molecule has 1 atom stereocenters. The molecule has 0 aliphatic rings. The number of amides is 3. The molecule has 1 aromatic carbocycles. The van der Waals surface area contributed by atoms with Crippen molar-refractivity contribution in [1.29, 1.82) is 0 Å². The number of nitrogens with two attached hydrogens (primary N) is 1. The fraction of sp³-hybridized carbons (Fsp3) is 0.357. The molecular formula is C14H18N2O5. The highest BCUT2D eigenvalue weighted by atomic mass is 16.5. The molecule has 1 aromatic rings. The van der Waals surface area contributed by atoms with E-state index >= 15 is 0 Å². The second kappa shape index (κ2) is 7.28. The summed E-state index contributed by atoms with van der Waals surface area (Å²) < 4.78 is 10.4. The van der Waals surface area contributed by atoms with Crippen LogP contribution in [0.4, 0.5) is 4.79 Å². The van der Waals surface area contributed by atoms with E-state index in [0.717, 1.165) is 0 Å². The van der Waals surface area contributed by atoms with Crippen molar-refractivity contribution >= 4 is 17.9 Å². The zero-order valence-corrected chi connectivity index (χ0v) is 12.1. The van der Waals surface area contributed by atoms with Crippen molar-refractivity contribution in [1.82, 2.24) is 5.32 Å². The standard InChI is InChI=1S/C14H18N2O5/c1-8(2)20-11-6-4-10(5-7-11)13(18)21-9(3)12(17)16-14(15)19/h4-9H,1-3H3,(H3,15,16,17,19)/t9-/m1/s1. The Labute approximate surface area is 122 Å². The number of nitrogens with one attached hydrogen (secondary N) is 1. The number of rotatable bonds is 5. The second-order valence-corrected chi connectivity index (χ2v) is 4.59. The number of carbonyl (C=O) groups excluding carboxylic acids is 3. The lowest BCUT2D eigenvalue weighted by molar-refractivity contribution is -0.127. The van der Waals surface area contributed by atoms with Gasteiger partial charge in [-0.25, -0.2) is 9.59 Å². The Morgan fingerprint density at radius 3 is 2.14 bits per heavy atom. The van der Waals surface area contributed by atoms with E-state index in [-0.39, 0.29) is 11.7 Å². The molecule has 0 saturated heterocycles. The van der Waals surface area contributed by atoms with Gasteiger partial charge in [-0.2, -0.15) is 0 Å². The first-order valence-corrected chi connectivity index (χ1v) is 6.37. The normalized spacial score (nSPS) is 11.6. The Balaban J connectivity index is 2.63. The molecule has 0 spiro atoms. The molecule has 1 rings (SSSR count). The Hall–Kier alpha value is -2.57. The molecule has 0 aromatic heterocycles. The quantitative estimate of drug-likeness (QED) is 0.794. The first-order chi connectivity index (χ1) is 9.79. The summed E-state index contributed by atoms with van der Waals surface area (Å²) in [6.45, 7) is 5.12. The van der Waals surface area contributed by atoms with Crippen molar-refractivity contribution in [3.63, 3.8) is 0 Å². The van der Waals surface area contributed by atoms with Gasteiger partial charge in [0.2, 0.25) is 0 Å². The summed E-state index contributed by atoms with van der Waals surface area (Å²) in [7, 11) is 0. The smallest absolute Gasteiger partial charge is 0.338 e. The van der Waals surface area contributed by atoms with E-state index in [9.17, 15) is 14.4 Å². The molecule has 0 saturated carbocycles. The van der Waals surface area contributed by atoms with Crippen LogP contribution in [0.3, 0.4) is 0 Å². The Morgan fingerprint density at radius 2 is 1.67 bits per heavy atom. The highest BCUT2D eigenvalue weighted by Gasteiger charge is 2.19. The summed E-state index contributed by atoms with van der Waals surface area (Å²) >= 11 is 0. The van der Waals surface area contributed by atoms with Crippen LogP contribution in [-0.4, -0.2) is 30.1 Å². The number of ether oxygens (including phenoxy) is 2. The molecule has 3 amide bonds. The summed E-state index contributed by atoms with van der Waals surface area (Å²) in [5.41, 5.74) is 5.07. The lowest BCUT2D eigenvalue weighted by Gasteiger charge is -2.13. The molecular weight excluding hydrogens is 276 g/mol. The summed E-state index contributed by atoms with van der Waals surface area (Å²) in [6, 6.07) is 5.31. The van der Waals surface area contributed by atoms with Gasteiger partial charge in [-0.15, -0.1) is 0 Å². The summed E-state index contributed by atoms with van der Waals surface area (Å²) in [5.74, 6) is -0.838. The number of carbonyl (C=O) groups is 3. The third-order valence-corrected chi connectivity index (χ3v) is 2.36. The van der Waals surface area contributed by atoms with Crippen molar-refractivity contribution in [2.45, 2.75) is 33.0 Å². The van der Waals surface area contributed by atoms with Gasteiger partial charge in [0.15, 0.2) is 6.10 Å². The molecule has 7 heteroatoms. The molecule has 114 valence electrons. The SMILES string of the molecule is CC(C)Oc1ccc(C(=O)O[C@H](C)C(=O)NC(N)=O)cc1. The highest BCUT2D eigenvalue weighted by Crippen LogP contribution is 2.15. The monoisotopic (exact) mass is 294 g/mol. The molecule has 0 heterocycles. The lowest BCUT2D eigenvalue weighted by Crippen LogP contribution is -2.42. The zero-order valence-electron chi connectivity index (χ0n) is 12.1. The maximum absolute atomic E-state index is 11.8. The molecule has 0 fully saturated rings. The maximum atomic E-state index is 11.8. The minimum Gasteiger partial charge on any atom is -0.491 e. The fourth-order valence-electron chi connectivity index (χ4n) is 1.45. The van der Waals surface area contributed by atoms with Crippen molar-refractivity contribution in [3.8, 4) is 5.75 Å². The van der Waals surface area contributed by atoms with Gasteiger partial charge in [-0.05, 0) is 45.0 Å². The minimum atomic E-state index is -1.13. The van der Waals surface area contributed by atoms with E-state index in [4.69, 9.17) is 15.2 Å². The second-order valence-electron chi connectivity index (χ2n) is 4.59. The number of esters is 1. The van der Waals surface area contributed by atoms with E-state index in [2.05, 4.69) is 0 Å². The predicted molar refractivity (Wildman–Crippen MR) is 74.8 cm³/mol. The van der Waals surface area contributed by atoms with Crippen LogP contribution >= 0.6 is 0 Å². The lowest BCUT2D eigenvalue weighted by atomic mass is 10.2. The molecule has 0 aliphatic heterocycles. The van der Waals surface area contributed by atoms with Gasteiger partial charge in [0.25, 0.3) is 5.91 Å². The number of imide groups is 1. The number of benzene rings is 1. The number of hydrogen-bond donors (Lipinski definition) is 2. The molecule has 3 N–H and O–H groups in total. The van der Waals surface area contributed by atoms with Crippen LogP contribution in [0.5, 0.6) is 5.75 Å². The minimum absolute atomic E-state index is 0.0281. The topological polar surface area (TPSA) is 108 Å². The van der Waals surface area contributed by atoms with Crippen LogP contribution in [0, 0.1) is 0 Å². The van der Waals surface area contributed by atoms with Crippen LogP contribution in [0.15, 0.2) is 24.3 Å². The fourth-order valence-corrected chi connectivity index (χ4v) is 1.45. The number of urea groups is 1. The van der Waals surface area contributed by atoms with E-state index in [1.165, 1.54) is 19.1 Å². The summed E-state index contributed by atoms with van der Waals surface area (Å²) in [4.78, 5) is 33.7. The highest BCUT2D eigenvalue weighted by molar-refractivity contribution is 5.98. The van der Waals surface area contributed by atoms with Gasteiger partial charge in [0.1, 0.15) is 5.75 Å². The van der Waals surface area contributed by atoms with E-state index in [1.807, 2.05) is 19.2 Å². The van der Waals surface area contributed by atoms with Gasteiger partial charge >= 0.3 is 12.0 Å². The van der Waals surface area contributed by atoms with Gasteiger partial charge in [-0.3, -0.25) is 10.1 Å². The van der Waals surface area contributed by atoms with Gasteiger partial charge in [0, 0.05) is 0 Å². The third-order valence-electron chi connectivity index (χ3n) is 2.36. The first-order valence-electron chi connectivity index (χ1n) is 6.37. The molecule has 0 radical (unpaired) electrons. The van der Waals surface area contributed by atoms with E-state index in [1.54, 1.807) is 12.1 Å². The average Bonchev–Trinajstić information content (AvgIpc) is 2.37. The third kappa shape index (κ3) is 5.52. The van der Waals surface area contributed by atoms with Crippen LogP contribution < -0.4 is 15.8 Å². The van der Waals surface area contributed by atoms with Crippen molar-refractivity contribution in [2.75, 3.05) is 0 Å². The van der Waals surface area contributed by atoms with E-state index in [0.29, 0.717) is 5.75 Å². The molecule has 21 heavy (non-hydrogen) atoms. The largest absolute Gasteiger partial charge is 0.491 e.